The molecule has 0 radical (unpaired) electrons. The van der Waals surface area contributed by atoms with Gasteiger partial charge < -0.3 is 47.4 Å². The van der Waals surface area contributed by atoms with Gasteiger partial charge in [-0.2, -0.15) is 5.26 Å². The lowest BCUT2D eigenvalue weighted by molar-refractivity contribution is -0.157. The Bertz CT molecular complexity index is 2650. The first-order chi connectivity index (χ1) is 32.3. The highest BCUT2D eigenvalue weighted by molar-refractivity contribution is 7.99. The van der Waals surface area contributed by atoms with Crippen molar-refractivity contribution in [2.75, 3.05) is 60.2 Å². The fourth-order valence-electron chi connectivity index (χ4n) is 10.8. The zero-order valence-corrected chi connectivity index (χ0v) is 38.7. The zero-order chi connectivity index (χ0) is 47.5. The number of nitrogens with zero attached hydrogens (tertiary/aromatic N) is 3. The van der Waals surface area contributed by atoms with Crippen LogP contribution < -0.4 is 38.5 Å². The Kier molecular flexibility index (Phi) is 12.3. The molecule has 7 heterocycles. The molecule has 0 aliphatic carbocycles. The molecule has 0 amide bonds. The van der Waals surface area contributed by atoms with E-state index in [0.717, 1.165) is 5.56 Å². The van der Waals surface area contributed by atoms with Gasteiger partial charge in [-0.15, -0.1) is 11.8 Å². The number of nitrogens with one attached hydrogen (secondary N) is 1. The van der Waals surface area contributed by atoms with Gasteiger partial charge in [0.1, 0.15) is 31.6 Å². The highest BCUT2D eigenvalue weighted by Gasteiger charge is 2.62. The maximum absolute atomic E-state index is 15.1. The quantitative estimate of drug-likeness (QED) is 0.0862. The lowest BCUT2D eigenvalue weighted by Crippen LogP contribution is -2.69. The number of aryl methyl sites for hydroxylation is 1. The molecule has 1 N–H and O–H groups in total. The second-order valence-corrected chi connectivity index (χ2v) is 18.1. The molecule has 352 valence electrons. The molecular weight excluding hydrogens is 889 g/mol. The van der Waals surface area contributed by atoms with Crippen molar-refractivity contribution in [3.05, 3.63) is 88.0 Å². The lowest BCUT2D eigenvalue weighted by Gasteiger charge is -2.62. The Morgan fingerprint density at radius 3 is 2.34 bits per heavy atom. The van der Waals surface area contributed by atoms with Gasteiger partial charge in [0.2, 0.25) is 6.79 Å². The topological polar surface area (TPSA) is 203 Å². The minimum absolute atomic E-state index is 0.0358. The van der Waals surface area contributed by atoms with Crippen LogP contribution in [0.25, 0.3) is 0 Å². The highest BCUT2D eigenvalue weighted by Crippen LogP contribution is 2.65. The van der Waals surface area contributed by atoms with Crippen molar-refractivity contribution in [3.63, 3.8) is 0 Å². The summed E-state index contributed by atoms with van der Waals surface area (Å²) in [6.45, 7) is 12.0. The van der Waals surface area contributed by atoms with Crippen molar-refractivity contribution in [3.8, 4) is 46.3 Å². The van der Waals surface area contributed by atoms with E-state index < -0.39 is 65.2 Å². The first-order valence-corrected chi connectivity index (χ1v) is 22.8. The van der Waals surface area contributed by atoms with Gasteiger partial charge in [0.25, 0.3) is 0 Å². The number of esters is 2. The van der Waals surface area contributed by atoms with Crippen LogP contribution in [0.15, 0.2) is 43.5 Å². The molecule has 7 aliphatic rings. The van der Waals surface area contributed by atoms with Crippen molar-refractivity contribution < 1.29 is 66.5 Å². The smallest absolute Gasteiger partial charge is 0.493 e. The van der Waals surface area contributed by atoms with Gasteiger partial charge in [-0.25, -0.2) is 14.4 Å². The molecule has 2 saturated heterocycles. The Balaban J connectivity index is 1.28. The third-order valence-corrected chi connectivity index (χ3v) is 14.9. The molecule has 18 nitrogen and oxygen atoms in total. The summed E-state index contributed by atoms with van der Waals surface area (Å²) in [6, 6.07) is 4.61. The zero-order valence-electron chi connectivity index (χ0n) is 37.9. The number of hydrogen-bond acceptors (Lipinski definition) is 19. The van der Waals surface area contributed by atoms with Crippen LogP contribution in [0.5, 0.6) is 40.2 Å². The van der Waals surface area contributed by atoms with Gasteiger partial charge in [-0.1, -0.05) is 31.4 Å². The van der Waals surface area contributed by atoms with E-state index in [4.69, 9.17) is 47.4 Å². The van der Waals surface area contributed by atoms with Gasteiger partial charge in [0.15, 0.2) is 40.0 Å². The number of benzene rings is 3. The van der Waals surface area contributed by atoms with Crippen LogP contribution in [0.4, 0.5) is 9.59 Å². The van der Waals surface area contributed by atoms with Gasteiger partial charge in [-0.05, 0) is 68.1 Å². The number of rotatable bonds is 9. The minimum Gasteiger partial charge on any atom is -0.493 e. The number of thioether (sulfide) groups is 1. The maximum atomic E-state index is 15.1. The van der Waals surface area contributed by atoms with Crippen LogP contribution in [0.1, 0.15) is 68.8 Å². The lowest BCUT2D eigenvalue weighted by atomic mass is 9.71. The highest BCUT2D eigenvalue weighted by atomic mass is 32.2. The van der Waals surface area contributed by atoms with Crippen LogP contribution in [0.3, 0.4) is 0 Å². The Morgan fingerprint density at radius 2 is 1.66 bits per heavy atom. The Labute approximate surface area is 390 Å². The third kappa shape index (κ3) is 7.37. The predicted molar refractivity (Wildman–Crippen MR) is 239 cm³/mol. The summed E-state index contributed by atoms with van der Waals surface area (Å²) in [7, 11) is 4.87. The largest absolute Gasteiger partial charge is 0.514 e. The Morgan fingerprint density at radius 1 is 0.925 bits per heavy atom. The van der Waals surface area contributed by atoms with Gasteiger partial charge in [-0.3, -0.25) is 19.9 Å². The number of hydrogen-bond donors (Lipinski definition) is 1. The van der Waals surface area contributed by atoms with E-state index in [-0.39, 0.29) is 55.4 Å². The van der Waals surface area contributed by atoms with Gasteiger partial charge >= 0.3 is 24.2 Å². The molecule has 0 aromatic heterocycles. The first-order valence-electron chi connectivity index (χ1n) is 21.7. The maximum Gasteiger partial charge on any atom is 0.514 e. The summed E-state index contributed by atoms with van der Waals surface area (Å²) in [5.41, 5.74) is 3.66. The number of fused-ring (bicyclic) bond motifs is 9. The number of methoxy groups -OCH3 is 2. The second-order valence-electron chi connectivity index (χ2n) is 17.0. The van der Waals surface area contributed by atoms with E-state index in [0.29, 0.717) is 75.6 Å². The second kappa shape index (κ2) is 18.0. The summed E-state index contributed by atoms with van der Waals surface area (Å²) < 4.78 is 58.9. The predicted octanol–water partition coefficient (Wildman–Crippen LogP) is 5.98. The molecule has 3 aromatic rings. The normalized spacial score (nSPS) is 25.4. The van der Waals surface area contributed by atoms with Crippen molar-refractivity contribution >= 4 is 36.0 Å². The molecule has 19 heteroatoms. The first kappa shape index (κ1) is 45.7. The fraction of sp³-hybridized carbons (Fsp3) is 0.438. The van der Waals surface area contributed by atoms with E-state index in [1.165, 1.54) is 45.1 Å². The summed E-state index contributed by atoms with van der Waals surface area (Å²) >= 11 is 1.41. The molecular formula is C48H50N4O14S. The summed E-state index contributed by atoms with van der Waals surface area (Å²) in [5.74, 6) is 0.692. The molecule has 2 fully saturated rings. The van der Waals surface area contributed by atoms with Crippen LogP contribution in [0, 0.1) is 25.2 Å². The third-order valence-electron chi connectivity index (χ3n) is 13.4. The number of ether oxygens (including phenoxy) is 10. The molecule has 7 atom stereocenters. The minimum atomic E-state index is -1.51. The SMILES string of the molecule is C=CCOC(=O)Oc1cc2c(cc1OC)[C@@]1(CS[C@@H]3c4c(OC(C)=O)c(C)c5c(c4[C@H](COC1=O)N1C3[C@@H]3c4c(cc(C)c(OC)c4OC(=O)OCC=C)C[C@H]([C@@H]1C#N)N3C)OCO5)NCC2. The van der Waals surface area contributed by atoms with Crippen molar-refractivity contribution in [2.45, 2.75) is 74.6 Å². The summed E-state index contributed by atoms with van der Waals surface area (Å²) in [4.78, 5) is 58.6. The van der Waals surface area contributed by atoms with Crippen molar-refractivity contribution in [1.82, 2.24) is 15.1 Å². The number of carbonyl (C=O) groups excluding carboxylic acids is 4. The number of piperazine rings is 1. The van der Waals surface area contributed by atoms with Crippen LogP contribution in [-0.2, 0) is 42.2 Å². The molecule has 1 unspecified atom stereocenters. The van der Waals surface area contributed by atoms with E-state index >= 15 is 4.79 Å². The van der Waals surface area contributed by atoms with E-state index in [1.54, 1.807) is 19.1 Å². The molecule has 1 spiro atoms. The summed E-state index contributed by atoms with van der Waals surface area (Å²) in [6.07, 6.45) is 1.78. The van der Waals surface area contributed by atoms with Gasteiger partial charge in [0.05, 0.1) is 37.6 Å². The van der Waals surface area contributed by atoms with Crippen LogP contribution >= 0.6 is 11.8 Å². The van der Waals surface area contributed by atoms with Crippen molar-refractivity contribution in [1.29, 1.82) is 5.26 Å². The molecule has 0 saturated carbocycles. The fourth-order valence-corrected chi connectivity index (χ4v) is 12.5. The molecule has 4 bridgehead atoms. The van der Waals surface area contributed by atoms with Gasteiger partial charge in [0, 0.05) is 53.6 Å². The molecule has 10 rings (SSSR count). The average Bonchev–Trinajstić information content (AvgIpc) is 3.80. The van der Waals surface area contributed by atoms with Crippen LogP contribution in [0.2, 0.25) is 0 Å². The summed E-state index contributed by atoms with van der Waals surface area (Å²) in [5, 5.41) is 14.2. The molecule has 67 heavy (non-hydrogen) atoms. The molecule has 7 aliphatic heterocycles. The average molecular weight is 939 g/mol. The number of nitriles is 1. The number of likely N-dealkylation sites (N-methyl/N-ethyl adjacent to an activating group) is 1. The standard InChI is InChI=1S/C48H50N4O14S/c1-9-13-59-46(55)65-33-17-26-11-12-50-48(28(26)18-32(33)57-7)21-67-44-36-35(42-41(62-22-63-42)24(4)40(36)64-25(5)53)31(20-61-45(48)54)52-30(19-49)29-16-27-15-23(3)39(58-8)43(66-47(56)60-14-10-2)34(27)37(38(44)52)51(29)6/h9-10,15,17-18,29-31,37-38,44,50H,1-2,11-14,16,20-22H2,3-8H3/t29-,30+,31+,37+,38?,44-,48-/m1/s1. The number of carbonyl (C=O) groups is 4. The Hall–Kier alpha value is -6.46. The van der Waals surface area contributed by atoms with Crippen LogP contribution in [-0.4, -0.2) is 112 Å². The van der Waals surface area contributed by atoms with E-state index in [1.807, 2.05) is 20.0 Å². The van der Waals surface area contributed by atoms with E-state index in [9.17, 15) is 19.6 Å². The van der Waals surface area contributed by atoms with Crippen molar-refractivity contribution in [2.24, 2.45) is 0 Å². The monoisotopic (exact) mass is 938 g/mol. The molecule has 3 aromatic carbocycles. The van der Waals surface area contributed by atoms with E-state index in [2.05, 4.69) is 34.3 Å².